The van der Waals surface area contributed by atoms with Crippen molar-refractivity contribution in [3.8, 4) is 5.75 Å². The first-order valence-electron chi connectivity index (χ1n) is 8.36. The molecular formula is C20H23FN2O3. The number of ether oxygens (including phenoxy) is 1. The highest BCUT2D eigenvalue weighted by Crippen LogP contribution is 2.24. The average Bonchev–Trinajstić information content (AvgIpc) is 2.55. The number of hydrogen-bond acceptors (Lipinski definition) is 3. The molecule has 1 unspecified atom stereocenters. The van der Waals surface area contributed by atoms with E-state index in [4.69, 9.17) is 10.5 Å². The van der Waals surface area contributed by atoms with Gasteiger partial charge in [0.05, 0.1) is 5.56 Å². The summed E-state index contributed by atoms with van der Waals surface area (Å²) in [6.07, 6.45) is -0.776. The van der Waals surface area contributed by atoms with Crippen LogP contribution in [0.5, 0.6) is 5.75 Å². The number of halogens is 1. The molecule has 6 heteroatoms. The van der Waals surface area contributed by atoms with Crippen molar-refractivity contribution < 1.29 is 18.7 Å². The molecular weight excluding hydrogens is 335 g/mol. The standard InChI is InChI=1S/C20H23FN2O3/c1-11(2)16-7-6-15(9-12(16)3)26-13(4)20(25)23-14-5-8-18(21)17(10-14)19(22)24/h5-11,13H,1-4H3,(H2,22,24)(H,23,25). The van der Waals surface area contributed by atoms with E-state index in [0.29, 0.717) is 11.7 Å². The summed E-state index contributed by atoms with van der Waals surface area (Å²) in [5.74, 6) is -1.06. The van der Waals surface area contributed by atoms with Crippen molar-refractivity contribution in [2.24, 2.45) is 5.73 Å². The molecule has 138 valence electrons. The number of amides is 2. The Morgan fingerprint density at radius 2 is 1.81 bits per heavy atom. The molecule has 2 amide bonds. The van der Waals surface area contributed by atoms with Crippen LogP contribution in [0.25, 0.3) is 0 Å². The first-order valence-corrected chi connectivity index (χ1v) is 8.36. The fourth-order valence-corrected chi connectivity index (χ4v) is 2.66. The average molecular weight is 358 g/mol. The largest absolute Gasteiger partial charge is 0.481 e. The Morgan fingerprint density at radius 3 is 2.38 bits per heavy atom. The third-order valence-corrected chi connectivity index (χ3v) is 4.04. The van der Waals surface area contributed by atoms with Gasteiger partial charge in [0.15, 0.2) is 6.10 Å². The molecule has 26 heavy (non-hydrogen) atoms. The second-order valence-electron chi connectivity index (χ2n) is 6.48. The van der Waals surface area contributed by atoms with Crippen molar-refractivity contribution in [1.29, 1.82) is 0 Å². The Kier molecular flexibility index (Phi) is 5.97. The number of carbonyl (C=O) groups is 2. The summed E-state index contributed by atoms with van der Waals surface area (Å²) in [6, 6.07) is 9.34. The quantitative estimate of drug-likeness (QED) is 0.825. The first kappa shape index (κ1) is 19.4. The molecule has 2 aromatic rings. The molecule has 0 aromatic heterocycles. The highest BCUT2D eigenvalue weighted by atomic mass is 19.1. The lowest BCUT2D eigenvalue weighted by atomic mass is 9.98. The summed E-state index contributed by atoms with van der Waals surface area (Å²) < 4.78 is 19.2. The lowest BCUT2D eigenvalue weighted by Crippen LogP contribution is -2.30. The van der Waals surface area contributed by atoms with Crippen LogP contribution in [-0.4, -0.2) is 17.9 Å². The summed E-state index contributed by atoms with van der Waals surface area (Å²) in [4.78, 5) is 23.5. The number of anilines is 1. The molecule has 0 heterocycles. The highest BCUT2D eigenvalue weighted by molar-refractivity contribution is 5.97. The molecule has 2 aromatic carbocycles. The number of rotatable bonds is 6. The predicted octanol–water partition coefficient (Wildman–Crippen LogP) is 3.76. The van der Waals surface area contributed by atoms with Crippen LogP contribution in [0.1, 0.15) is 48.2 Å². The first-order chi connectivity index (χ1) is 12.2. The zero-order chi connectivity index (χ0) is 19.4. The van der Waals surface area contributed by atoms with Crippen LogP contribution in [0.2, 0.25) is 0 Å². The summed E-state index contributed by atoms with van der Waals surface area (Å²) in [5, 5.41) is 2.59. The number of nitrogens with two attached hydrogens (primary N) is 1. The van der Waals surface area contributed by atoms with Crippen LogP contribution in [0.4, 0.5) is 10.1 Å². The van der Waals surface area contributed by atoms with Gasteiger partial charge in [-0.25, -0.2) is 4.39 Å². The third-order valence-electron chi connectivity index (χ3n) is 4.04. The molecule has 0 saturated heterocycles. The maximum atomic E-state index is 13.5. The topological polar surface area (TPSA) is 81.4 Å². The van der Waals surface area contributed by atoms with Crippen molar-refractivity contribution in [3.63, 3.8) is 0 Å². The van der Waals surface area contributed by atoms with Crippen molar-refractivity contribution >= 4 is 17.5 Å². The minimum atomic E-state index is -0.899. The van der Waals surface area contributed by atoms with Crippen LogP contribution in [0.15, 0.2) is 36.4 Å². The Bertz CT molecular complexity index is 834. The minimum Gasteiger partial charge on any atom is -0.481 e. The summed E-state index contributed by atoms with van der Waals surface area (Å²) in [7, 11) is 0. The van der Waals surface area contributed by atoms with E-state index in [1.807, 2.05) is 25.1 Å². The van der Waals surface area contributed by atoms with Crippen molar-refractivity contribution in [1.82, 2.24) is 0 Å². The number of nitrogens with one attached hydrogen (secondary N) is 1. The van der Waals surface area contributed by atoms with Gasteiger partial charge in [-0.2, -0.15) is 0 Å². The molecule has 5 nitrogen and oxygen atoms in total. The fraction of sp³-hybridized carbons (Fsp3) is 0.300. The summed E-state index contributed by atoms with van der Waals surface area (Å²) in [5.41, 5.74) is 7.41. The fourth-order valence-electron chi connectivity index (χ4n) is 2.66. The molecule has 0 spiro atoms. The lowest BCUT2D eigenvalue weighted by Gasteiger charge is -2.17. The summed E-state index contributed by atoms with van der Waals surface area (Å²) >= 11 is 0. The predicted molar refractivity (Wildman–Crippen MR) is 98.9 cm³/mol. The molecule has 0 aliphatic heterocycles. The van der Waals surface area contributed by atoms with Crippen molar-refractivity contribution in [3.05, 3.63) is 58.9 Å². The smallest absolute Gasteiger partial charge is 0.265 e. The van der Waals surface area contributed by atoms with Crippen LogP contribution in [0.3, 0.4) is 0 Å². The second kappa shape index (κ2) is 7.99. The number of aryl methyl sites for hydroxylation is 1. The molecule has 0 radical (unpaired) electrons. The maximum Gasteiger partial charge on any atom is 0.265 e. The molecule has 1 atom stereocenters. The molecule has 0 bridgehead atoms. The van der Waals surface area contributed by atoms with Gasteiger partial charge in [-0.1, -0.05) is 19.9 Å². The van der Waals surface area contributed by atoms with Gasteiger partial charge in [-0.3, -0.25) is 9.59 Å². The Morgan fingerprint density at radius 1 is 1.12 bits per heavy atom. The van der Waals surface area contributed by atoms with Crippen LogP contribution in [-0.2, 0) is 4.79 Å². The normalized spacial score (nSPS) is 11.9. The van der Waals surface area contributed by atoms with E-state index in [-0.39, 0.29) is 11.3 Å². The SMILES string of the molecule is Cc1cc(OC(C)C(=O)Nc2ccc(F)c(C(N)=O)c2)ccc1C(C)C. The molecule has 3 N–H and O–H groups in total. The van der Waals surface area contributed by atoms with Gasteiger partial charge >= 0.3 is 0 Å². The Labute approximate surface area is 152 Å². The number of primary amides is 1. The van der Waals surface area contributed by atoms with E-state index in [2.05, 4.69) is 19.2 Å². The zero-order valence-electron chi connectivity index (χ0n) is 15.3. The summed E-state index contributed by atoms with van der Waals surface area (Å²) in [6.45, 7) is 7.83. The van der Waals surface area contributed by atoms with Gasteiger partial charge in [0, 0.05) is 5.69 Å². The van der Waals surface area contributed by atoms with Crippen LogP contribution >= 0.6 is 0 Å². The molecule has 0 aliphatic carbocycles. The molecule has 0 fully saturated rings. The molecule has 0 saturated carbocycles. The Hall–Kier alpha value is -2.89. The number of benzene rings is 2. The maximum absolute atomic E-state index is 13.5. The van der Waals surface area contributed by atoms with Crippen molar-refractivity contribution in [2.75, 3.05) is 5.32 Å². The molecule has 0 aliphatic rings. The van der Waals surface area contributed by atoms with Crippen LogP contribution < -0.4 is 15.8 Å². The minimum absolute atomic E-state index is 0.270. The van der Waals surface area contributed by atoms with Gasteiger partial charge in [-0.05, 0) is 61.2 Å². The zero-order valence-corrected chi connectivity index (χ0v) is 15.3. The Balaban J connectivity index is 2.07. The van der Waals surface area contributed by atoms with Crippen molar-refractivity contribution in [2.45, 2.75) is 39.7 Å². The van der Waals surface area contributed by atoms with E-state index < -0.39 is 23.7 Å². The van der Waals surface area contributed by atoms with E-state index in [1.54, 1.807) is 6.92 Å². The van der Waals surface area contributed by atoms with Gasteiger partial charge in [0.25, 0.3) is 11.8 Å². The highest BCUT2D eigenvalue weighted by Gasteiger charge is 2.17. The number of carbonyl (C=O) groups excluding carboxylic acids is 2. The van der Waals surface area contributed by atoms with E-state index in [9.17, 15) is 14.0 Å². The molecule has 2 rings (SSSR count). The van der Waals surface area contributed by atoms with Gasteiger partial charge < -0.3 is 15.8 Å². The second-order valence-corrected chi connectivity index (χ2v) is 6.48. The van der Waals surface area contributed by atoms with Crippen LogP contribution in [0, 0.1) is 12.7 Å². The number of hydrogen-bond donors (Lipinski definition) is 2. The van der Waals surface area contributed by atoms with Gasteiger partial charge in [0.1, 0.15) is 11.6 Å². The lowest BCUT2D eigenvalue weighted by molar-refractivity contribution is -0.122. The van der Waals surface area contributed by atoms with E-state index in [0.717, 1.165) is 11.6 Å². The van der Waals surface area contributed by atoms with E-state index >= 15 is 0 Å². The van der Waals surface area contributed by atoms with Gasteiger partial charge in [-0.15, -0.1) is 0 Å². The van der Waals surface area contributed by atoms with Gasteiger partial charge in [0.2, 0.25) is 0 Å². The monoisotopic (exact) mass is 358 g/mol. The third kappa shape index (κ3) is 4.59. The van der Waals surface area contributed by atoms with E-state index in [1.165, 1.54) is 17.7 Å².